The van der Waals surface area contributed by atoms with E-state index in [1.807, 2.05) is 36.5 Å². The lowest BCUT2D eigenvalue weighted by Gasteiger charge is -2.34. The quantitative estimate of drug-likeness (QED) is 0.660. The minimum absolute atomic E-state index is 0.758. The molecule has 0 radical (unpaired) electrons. The van der Waals surface area contributed by atoms with Crippen LogP contribution < -0.4 is 0 Å². The van der Waals surface area contributed by atoms with Crippen LogP contribution in [0.15, 0.2) is 54.0 Å². The average Bonchev–Trinajstić information content (AvgIpc) is 3.13. The van der Waals surface area contributed by atoms with Crippen LogP contribution >= 0.6 is 22.9 Å². The molecule has 0 amide bonds. The Hall–Kier alpha value is -1.79. The van der Waals surface area contributed by atoms with Crippen molar-refractivity contribution in [1.29, 1.82) is 0 Å². The van der Waals surface area contributed by atoms with E-state index in [0.29, 0.717) is 0 Å². The summed E-state index contributed by atoms with van der Waals surface area (Å²) in [7, 11) is 0. The number of hydrogen-bond donors (Lipinski definition) is 0. The number of aromatic nitrogens is 2. The largest absolute Gasteiger partial charge is 0.295 e. The second-order valence-electron chi connectivity index (χ2n) is 6.52. The molecule has 0 aliphatic carbocycles. The lowest BCUT2D eigenvalue weighted by Crippen LogP contribution is -2.45. The third-order valence-corrected chi connectivity index (χ3v) is 5.80. The predicted molar refractivity (Wildman–Crippen MR) is 107 cm³/mol. The Morgan fingerprint density at radius 2 is 1.58 bits per heavy atom. The Kier molecular flexibility index (Phi) is 5.60. The van der Waals surface area contributed by atoms with Crippen LogP contribution in [0.1, 0.15) is 11.4 Å². The molecule has 4 nitrogen and oxygen atoms in total. The molecule has 0 saturated carbocycles. The topological polar surface area (TPSA) is 32.3 Å². The summed E-state index contributed by atoms with van der Waals surface area (Å²) in [5.41, 5.74) is 3.43. The van der Waals surface area contributed by atoms with E-state index >= 15 is 0 Å². The number of thiazole rings is 1. The zero-order valence-corrected chi connectivity index (χ0v) is 16.1. The molecule has 1 aromatic carbocycles. The molecule has 134 valence electrons. The fraction of sp³-hybridized carbons (Fsp3) is 0.300. The number of piperazine rings is 1. The number of halogens is 1. The summed E-state index contributed by atoms with van der Waals surface area (Å²) in [6.45, 7) is 6.14. The Balaban J connectivity index is 1.30. The van der Waals surface area contributed by atoms with Gasteiger partial charge in [-0.1, -0.05) is 29.8 Å². The van der Waals surface area contributed by atoms with E-state index in [4.69, 9.17) is 16.6 Å². The molecule has 1 aliphatic rings. The monoisotopic (exact) mass is 384 g/mol. The third kappa shape index (κ3) is 4.48. The van der Waals surface area contributed by atoms with E-state index in [-0.39, 0.29) is 0 Å². The molecule has 0 bridgehead atoms. The molecule has 0 atom stereocenters. The van der Waals surface area contributed by atoms with Crippen LogP contribution in [0.25, 0.3) is 10.6 Å². The van der Waals surface area contributed by atoms with Crippen molar-refractivity contribution < 1.29 is 0 Å². The van der Waals surface area contributed by atoms with Gasteiger partial charge in [0.1, 0.15) is 5.01 Å². The van der Waals surface area contributed by atoms with Gasteiger partial charge in [-0.3, -0.25) is 14.8 Å². The molecule has 1 fully saturated rings. The molecule has 0 unspecified atom stereocenters. The summed E-state index contributed by atoms with van der Waals surface area (Å²) in [6.07, 6.45) is 1.87. The van der Waals surface area contributed by atoms with E-state index < -0.39 is 0 Å². The minimum atomic E-state index is 0.758. The van der Waals surface area contributed by atoms with Gasteiger partial charge in [-0.2, -0.15) is 0 Å². The van der Waals surface area contributed by atoms with Gasteiger partial charge in [-0.15, -0.1) is 11.3 Å². The minimum Gasteiger partial charge on any atom is -0.295 e. The van der Waals surface area contributed by atoms with Crippen LogP contribution in [-0.2, 0) is 13.1 Å². The van der Waals surface area contributed by atoms with Crippen LogP contribution in [0.4, 0.5) is 0 Å². The summed E-state index contributed by atoms with van der Waals surface area (Å²) in [4.78, 5) is 14.2. The van der Waals surface area contributed by atoms with Crippen molar-refractivity contribution >= 4 is 22.9 Å². The lowest BCUT2D eigenvalue weighted by molar-refractivity contribution is 0.120. The molecule has 2 aromatic heterocycles. The SMILES string of the molecule is Clc1ccc(-c2nc(CN3CCN(Cc4ccccn4)CC3)cs2)cc1. The summed E-state index contributed by atoms with van der Waals surface area (Å²) in [5.74, 6) is 0. The maximum Gasteiger partial charge on any atom is 0.123 e. The molecule has 26 heavy (non-hydrogen) atoms. The molecular weight excluding hydrogens is 364 g/mol. The Morgan fingerprint density at radius 1 is 0.885 bits per heavy atom. The van der Waals surface area contributed by atoms with Crippen molar-refractivity contribution in [2.75, 3.05) is 26.2 Å². The molecule has 3 aromatic rings. The number of benzene rings is 1. The van der Waals surface area contributed by atoms with Gasteiger partial charge in [0.25, 0.3) is 0 Å². The van der Waals surface area contributed by atoms with Crippen molar-refractivity contribution in [2.45, 2.75) is 13.1 Å². The maximum absolute atomic E-state index is 5.96. The van der Waals surface area contributed by atoms with Crippen LogP contribution in [-0.4, -0.2) is 45.9 Å². The Morgan fingerprint density at radius 3 is 2.23 bits per heavy atom. The van der Waals surface area contributed by atoms with E-state index in [2.05, 4.69) is 32.3 Å². The summed E-state index contributed by atoms with van der Waals surface area (Å²) in [6, 6.07) is 14.0. The van der Waals surface area contributed by atoms with Crippen LogP contribution in [0.2, 0.25) is 5.02 Å². The first-order valence-electron chi connectivity index (χ1n) is 8.81. The fourth-order valence-corrected chi connectivity index (χ4v) is 4.10. The number of nitrogens with zero attached hydrogens (tertiary/aromatic N) is 4. The van der Waals surface area contributed by atoms with Crippen LogP contribution in [0, 0.1) is 0 Å². The highest BCUT2D eigenvalue weighted by Crippen LogP contribution is 2.25. The summed E-state index contributed by atoms with van der Waals surface area (Å²) < 4.78 is 0. The second kappa shape index (κ2) is 8.27. The molecular formula is C20H21ClN4S. The normalized spacial score (nSPS) is 16.0. The Bertz CT molecular complexity index is 827. The summed E-state index contributed by atoms with van der Waals surface area (Å²) in [5, 5.41) is 3.99. The van der Waals surface area contributed by atoms with Crippen molar-refractivity contribution in [3.05, 3.63) is 70.5 Å². The van der Waals surface area contributed by atoms with Crippen LogP contribution in [0.3, 0.4) is 0 Å². The maximum atomic E-state index is 5.96. The van der Waals surface area contributed by atoms with Crippen molar-refractivity contribution in [1.82, 2.24) is 19.8 Å². The average molecular weight is 385 g/mol. The molecule has 0 spiro atoms. The first kappa shape index (κ1) is 17.6. The van der Waals surface area contributed by atoms with E-state index in [0.717, 1.165) is 66.3 Å². The predicted octanol–water partition coefficient (Wildman–Crippen LogP) is 4.18. The van der Waals surface area contributed by atoms with Crippen molar-refractivity contribution in [3.8, 4) is 10.6 Å². The third-order valence-electron chi connectivity index (χ3n) is 4.61. The zero-order valence-electron chi connectivity index (χ0n) is 14.5. The van der Waals surface area contributed by atoms with Gasteiger partial charge in [-0.25, -0.2) is 4.98 Å². The number of pyridine rings is 1. The molecule has 0 N–H and O–H groups in total. The fourth-order valence-electron chi connectivity index (χ4n) is 3.16. The lowest BCUT2D eigenvalue weighted by atomic mass is 10.2. The van der Waals surface area contributed by atoms with Gasteiger partial charge in [-0.05, 0) is 24.3 Å². The first-order valence-corrected chi connectivity index (χ1v) is 10.1. The van der Waals surface area contributed by atoms with E-state index in [1.54, 1.807) is 11.3 Å². The van der Waals surface area contributed by atoms with Gasteiger partial charge >= 0.3 is 0 Å². The Labute approximate surface area is 163 Å². The highest BCUT2D eigenvalue weighted by atomic mass is 35.5. The highest BCUT2D eigenvalue weighted by Gasteiger charge is 2.18. The zero-order chi connectivity index (χ0) is 17.8. The van der Waals surface area contributed by atoms with Crippen molar-refractivity contribution in [2.24, 2.45) is 0 Å². The molecule has 1 saturated heterocycles. The van der Waals surface area contributed by atoms with E-state index in [1.165, 1.54) is 0 Å². The second-order valence-corrected chi connectivity index (χ2v) is 7.82. The van der Waals surface area contributed by atoms with Crippen molar-refractivity contribution in [3.63, 3.8) is 0 Å². The van der Waals surface area contributed by atoms with Gasteiger partial charge in [0.15, 0.2) is 0 Å². The van der Waals surface area contributed by atoms with Gasteiger partial charge in [0.05, 0.1) is 11.4 Å². The molecule has 3 heterocycles. The number of hydrogen-bond acceptors (Lipinski definition) is 5. The van der Waals surface area contributed by atoms with Gasteiger partial charge < -0.3 is 0 Å². The first-order chi connectivity index (χ1) is 12.8. The standard InChI is InChI=1S/C20H21ClN4S/c21-17-6-4-16(5-7-17)20-23-19(15-26-20)14-25-11-9-24(10-12-25)13-18-3-1-2-8-22-18/h1-8,15H,9-14H2. The highest BCUT2D eigenvalue weighted by molar-refractivity contribution is 7.13. The number of rotatable bonds is 5. The molecule has 6 heteroatoms. The smallest absolute Gasteiger partial charge is 0.123 e. The molecule has 4 rings (SSSR count). The van der Waals surface area contributed by atoms with Gasteiger partial charge in [0.2, 0.25) is 0 Å². The van der Waals surface area contributed by atoms with E-state index in [9.17, 15) is 0 Å². The summed E-state index contributed by atoms with van der Waals surface area (Å²) >= 11 is 7.66. The van der Waals surface area contributed by atoms with Crippen LogP contribution in [0.5, 0.6) is 0 Å². The molecule has 1 aliphatic heterocycles. The van der Waals surface area contributed by atoms with Gasteiger partial charge in [0, 0.05) is 61.4 Å².